The average Bonchev–Trinajstić information content (AvgIpc) is 3.13. The van der Waals surface area contributed by atoms with Gasteiger partial charge in [-0.15, -0.1) is 0 Å². The van der Waals surface area contributed by atoms with Crippen molar-refractivity contribution in [2.75, 3.05) is 6.61 Å². The molecule has 0 amide bonds. The molecular weight excluding hydrogens is 508 g/mol. The zero-order valence-corrected chi connectivity index (χ0v) is 19.7. The van der Waals surface area contributed by atoms with Crippen LogP contribution in [0.25, 0.3) is 11.0 Å². The number of para-hydroxylation sites is 2. The second-order valence-corrected chi connectivity index (χ2v) is 8.05. The number of nitrogens with one attached hydrogen (secondary N) is 1. The third-order valence-electron chi connectivity index (χ3n) is 5.24. The van der Waals surface area contributed by atoms with Crippen molar-refractivity contribution in [3.63, 3.8) is 0 Å². The molecule has 12 heteroatoms. The molecule has 38 heavy (non-hydrogen) atoms. The van der Waals surface area contributed by atoms with Crippen molar-refractivity contribution in [3.05, 3.63) is 95.4 Å². The first kappa shape index (κ1) is 27.9. The number of aromatic nitrogens is 2. The SMILES string of the molecule is N#Cc1cc(F)cc(OCC(O)Cn2c(=N)n(Cc3ccccc3)c3ccccc32)c1.O=C(O)C(F)(F)F. The molecule has 0 fully saturated rings. The first-order chi connectivity index (χ1) is 18.0. The standard InChI is InChI=1S/C24H21FN4O2.C2HF3O2/c25-19-10-18(13-26)11-21(12-19)31-16-20(30)15-29-23-9-5-4-8-22(23)28(24(29)27)14-17-6-2-1-3-7-17;3-2(4,5)1(6)7/h1-12,20,27,30H,14-16H2;(H,6,7). The smallest absolute Gasteiger partial charge is 0.490 e. The Morgan fingerprint density at radius 1 is 1.03 bits per heavy atom. The van der Waals surface area contributed by atoms with Crippen molar-refractivity contribution in [2.24, 2.45) is 0 Å². The summed E-state index contributed by atoms with van der Waals surface area (Å²) >= 11 is 0. The minimum Gasteiger partial charge on any atom is -0.491 e. The number of carbonyl (C=O) groups is 1. The molecule has 4 rings (SSSR count). The fourth-order valence-corrected chi connectivity index (χ4v) is 3.57. The van der Waals surface area contributed by atoms with Crippen LogP contribution in [0.2, 0.25) is 0 Å². The number of carboxylic acid groups (broad SMARTS) is 1. The van der Waals surface area contributed by atoms with Crippen molar-refractivity contribution in [1.82, 2.24) is 9.13 Å². The van der Waals surface area contributed by atoms with Gasteiger partial charge in [-0.05, 0) is 29.8 Å². The van der Waals surface area contributed by atoms with Crippen LogP contribution in [0.5, 0.6) is 5.75 Å². The molecule has 3 aromatic carbocycles. The number of benzene rings is 3. The minimum atomic E-state index is -5.08. The largest absolute Gasteiger partial charge is 0.491 e. The van der Waals surface area contributed by atoms with Crippen molar-refractivity contribution in [3.8, 4) is 11.8 Å². The molecule has 3 N–H and O–H groups in total. The molecule has 4 aromatic rings. The van der Waals surface area contributed by atoms with Crippen molar-refractivity contribution in [1.29, 1.82) is 10.7 Å². The van der Waals surface area contributed by atoms with Gasteiger partial charge in [0.1, 0.15) is 24.3 Å². The van der Waals surface area contributed by atoms with Gasteiger partial charge in [0.05, 0.1) is 35.8 Å². The molecule has 0 spiro atoms. The summed E-state index contributed by atoms with van der Waals surface area (Å²) in [5.74, 6) is -3.15. The molecule has 0 aliphatic carbocycles. The van der Waals surface area contributed by atoms with Gasteiger partial charge in [0, 0.05) is 6.07 Å². The van der Waals surface area contributed by atoms with Gasteiger partial charge in [0.2, 0.25) is 5.62 Å². The molecular formula is C26H22F4N4O4. The Kier molecular flexibility index (Phi) is 8.88. The van der Waals surface area contributed by atoms with Crippen LogP contribution in [-0.2, 0) is 17.9 Å². The number of ether oxygens (including phenoxy) is 1. The van der Waals surface area contributed by atoms with Crippen LogP contribution >= 0.6 is 0 Å². The minimum absolute atomic E-state index is 0.0983. The van der Waals surface area contributed by atoms with Crippen molar-refractivity contribution >= 4 is 17.0 Å². The lowest BCUT2D eigenvalue weighted by Crippen LogP contribution is -2.31. The van der Waals surface area contributed by atoms with E-state index in [0.29, 0.717) is 6.54 Å². The molecule has 8 nitrogen and oxygen atoms in total. The van der Waals surface area contributed by atoms with Crippen LogP contribution in [0, 0.1) is 22.6 Å². The molecule has 1 unspecified atom stereocenters. The van der Waals surface area contributed by atoms with Crippen LogP contribution < -0.4 is 10.4 Å². The number of aliphatic carboxylic acids is 1. The van der Waals surface area contributed by atoms with E-state index in [4.69, 9.17) is 25.3 Å². The van der Waals surface area contributed by atoms with Gasteiger partial charge in [0.15, 0.2) is 0 Å². The summed E-state index contributed by atoms with van der Waals surface area (Å²) < 4.78 is 54.4. The molecule has 1 atom stereocenters. The molecule has 1 heterocycles. The molecule has 1 aromatic heterocycles. The van der Waals surface area contributed by atoms with Gasteiger partial charge >= 0.3 is 12.1 Å². The van der Waals surface area contributed by atoms with E-state index in [9.17, 15) is 22.7 Å². The number of aliphatic hydroxyl groups excluding tert-OH is 1. The monoisotopic (exact) mass is 530 g/mol. The Morgan fingerprint density at radius 3 is 2.18 bits per heavy atom. The number of nitrogens with zero attached hydrogens (tertiary/aromatic N) is 3. The number of alkyl halides is 3. The summed E-state index contributed by atoms with van der Waals surface area (Å²) in [7, 11) is 0. The summed E-state index contributed by atoms with van der Waals surface area (Å²) in [5, 5.41) is 35.3. The van der Waals surface area contributed by atoms with E-state index >= 15 is 0 Å². The van der Waals surface area contributed by atoms with Gasteiger partial charge in [-0.2, -0.15) is 18.4 Å². The van der Waals surface area contributed by atoms with E-state index in [1.807, 2.05) is 65.2 Å². The number of fused-ring (bicyclic) bond motifs is 1. The van der Waals surface area contributed by atoms with Crippen molar-refractivity contribution in [2.45, 2.75) is 25.4 Å². The Bertz CT molecular complexity index is 1510. The molecule has 0 aliphatic rings. The van der Waals surface area contributed by atoms with Crippen LogP contribution in [0.3, 0.4) is 0 Å². The molecule has 0 radical (unpaired) electrons. The van der Waals surface area contributed by atoms with Crippen molar-refractivity contribution < 1.29 is 37.3 Å². The number of imidazole rings is 1. The Balaban J connectivity index is 0.000000505. The summed E-state index contributed by atoms with van der Waals surface area (Å²) in [5.41, 5.74) is 3.22. The number of nitriles is 1. The summed E-state index contributed by atoms with van der Waals surface area (Å²) in [6, 6.07) is 23.2. The molecule has 198 valence electrons. The third-order valence-corrected chi connectivity index (χ3v) is 5.24. The number of hydrogen-bond acceptors (Lipinski definition) is 5. The van der Waals surface area contributed by atoms with Gasteiger partial charge < -0.3 is 24.1 Å². The Morgan fingerprint density at radius 2 is 1.61 bits per heavy atom. The predicted octanol–water partition coefficient (Wildman–Crippen LogP) is 4.05. The zero-order valence-electron chi connectivity index (χ0n) is 19.7. The fraction of sp³-hybridized carbons (Fsp3) is 0.192. The lowest BCUT2D eigenvalue weighted by atomic mass is 10.2. The number of halogens is 4. The summed E-state index contributed by atoms with van der Waals surface area (Å²) in [6.07, 6.45) is -6.01. The lowest BCUT2D eigenvalue weighted by Gasteiger charge is -2.14. The number of rotatable bonds is 7. The average molecular weight is 530 g/mol. The predicted molar refractivity (Wildman–Crippen MR) is 128 cm³/mol. The maximum Gasteiger partial charge on any atom is 0.490 e. The maximum absolute atomic E-state index is 13.6. The van der Waals surface area contributed by atoms with Gasteiger partial charge in [-0.1, -0.05) is 42.5 Å². The van der Waals surface area contributed by atoms with E-state index in [1.165, 1.54) is 12.1 Å². The van der Waals surface area contributed by atoms with E-state index in [1.54, 1.807) is 4.57 Å². The van der Waals surface area contributed by atoms with Crippen LogP contribution in [0.15, 0.2) is 72.8 Å². The Hall–Kier alpha value is -4.63. The molecule has 0 saturated carbocycles. The van der Waals surface area contributed by atoms with Crippen LogP contribution in [0.1, 0.15) is 11.1 Å². The molecule has 0 bridgehead atoms. The number of carboxylic acids is 1. The second-order valence-electron chi connectivity index (χ2n) is 8.05. The highest BCUT2D eigenvalue weighted by atomic mass is 19.4. The van der Waals surface area contributed by atoms with Crippen LogP contribution in [-0.4, -0.2) is 44.2 Å². The molecule has 0 saturated heterocycles. The topological polar surface area (TPSA) is 124 Å². The summed E-state index contributed by atoms with van der Waals surface area (Å²) in [4.78, 5) is 8.90. The molecule has 0 aliphatic heterocycles. The Labute approximate surface area is 213 Å². The van der Waals surface area contributed by atoms with Crippen LogP contribution in [0.4, 0.5) is 17.6 Å². The van der Waals surface area contributed by atoms with E-state index in [0.717, 1.165) is 22.7 Å². The summed E-state index contributed by atoms with van der Waals surface area (Å²) in [6.45, 7) is 0.584. The second kappa shape index (κ2) is 12.1. The number of aliphatic hydroxyl groups is 1. The first-order valence-electron chi connectivity index (χ1n) is 11.1. The van der Waals surface area contributed by atoms with E-state index < -0.39 is 24.1 Å². The normalized spacial score (nSPS) is 11.8. The maximum atomic E-state index is 13.6. The van der Waals surface area contributed by atoms with E-state index in [-0.39, 0.29) is 30.1 Å². The van der Waals surface area contributed by atoms with Gasteiger partial charge in [-0.25, -0.2) is 9.18 Å². The zero-order chi connectivity index (χ0) is 27.9. The highest BCUT2D eigenvalue weighted by Crippen LogP contribution is 2.18. The quantitative estimate of drug-likeness (QED) is 0.311. The highest BCUT2D eigenvalue weighted by Gasteiger charge is 2.38. The first-order valence-corrected chi connectivity index (χ1v) is 11.1. The lowest BCUT2D eigenvalue weighted by molar-refractivity contribution is -0.192. The van der Waals surface area contributed by atoms with Gasteiger partial charge in [0.25, 0.3) is 0 Å². The van der Waals surface area contributed by atoms with Gasteiger partial charge in [-0.3, -0.25) is 5.41 Å². The highest BCUT2D eigenvalue weighted by molar-refractivity contribution is 5.76. The fourth-order valence-electron chi connectivity index (χ4n) is 3.57. The third kappa shape index (κ3) is 7.21. The van der Waals surface area contributed by atoms with E-state index in [2.05, 4.69) is 0 Å². The number of hydrogen-bond donors (Lipinski definition) is 3.